The number of rotatable bonds is 2. The Morgan fingerprint density at radius 1 is 1.32 bits per heavy atom. The molecule has 2 aromatic heterocycles. The van der Waals surface area contributed by atoms with Gasteiger partial charge in [0.15, 0.2) is 5.82 Å². The maximum absolute atomic E-state index is 12.1. The normalized spacial score (nSPS) is 10.9. The molecule has 1 aromatic carbocycles. The summed E-state index contributed by atoms with van der Waals surface area (Å²) in [5.41, 5.74) is 13.1. The van der Waals surface area contributed by atoms with E-state index in [1.54, 1.807) is 18.2 Å². The Hall–Kier alpha value is -2.90. The molecule has 3 rings (SSSR count). The van der Waals surface area contributed by atoms with Crippen LogP contribution < -0.4 is 11.5 Å². The van der Waals surface area contributed by atoms with Gasteiger partial charge in [-0.25, -0.2) is 9.67 Å². The van der Waals surface area contributed by atoms with E-state index in [0.717, 1.165) is 0 Å². The molecule has 8 nitrogen and oxygen atoms in total. The first-order valence-electron chi connectivity index (χ1n) is 5.55. The molecule has 8 heteroatoms. The lowest BCUT2D eigenvalue weighted by molar-refractivity contribution is 0.0890. The van der Waals surface area contributed by atoms with E-state index in [-0.39, 0.29) is 18.3 Å². The highest BCUT2D eigenvalue weighted by Crippen LogP contribution is 2.16. The fourth-order valence-corrected chi connectivity index (χ4v) is 1.83. The van der Waals surface area contributed by atoms with Crippen LogP contribution in [0, 0.1) is 0 Å². The fourth-order valence-electron chi connectivity index (χ4n) is 1.83. The third kappa shape index (κ3) is 1.99. The Bertz CT molecular complexity index is 757. The molecule has 0 fully saturated rings. The second-order valence-corrected chi connectivity index (χ2v) is 4.10. The molecule has 0 saturated carbocycles. The topological polar surface area (TPSA) is 118 Å². The largest absolute Gasteiger partial charge is 0.399 e. The molecule has 0 unspecified atom stereocenters. The highest BCUT2D eigenvalue weighted by Gasteiger charge is 2.11. The van der Waals surface area contributed by atoms with Crippen molar-refractivity contribution >= 4 is 28.4 Å². The van der Waals surface area contributed by atoms with Gasteiger partial charge in [0.25, 0.3) is 5.91 Å². The van der Waals surface area contributed by atoms with Crippen molar-refractivity contribution in [2.75, 3.05) is 11.5 Å². The third-order valence-electron chi connectivity index (χ3n) is 2.69. The standard InChI is InChI=1S/C11H11N7O/c12-7-1-2-9-8(3-7)14-6-18(9)11(19)5-17-4-10(13)15-16-17/h1-4,6H,5,12-13H2. The SMILES string of the molecule is Nc1ccc2c(c1)ncn2C(=O)Cn1cc(N)nn1. The predicted molar refractivity (Wildman–Crippen MR) is 69.2 cm³/mol. The number of nitrogen functional groups attached to an aromatic ring is 2. The van der Waals surface area contributed by atoms with Gasteiger partial charge in [-0.2, -0.15) is 0 Å². The van der Waals surface area contributed by atoms with Gasteiger partial charge in [-0.15, -0.1) is 5.10 Å². The first-order valence-corrected chi connectivity index (χ1v) is 5.55. The molecule has 0 bridgehead atoms. The number of anilines is 2. The van der Waals surface area contributed by atoms with Crippen LogP contribution in [-0.2, 0) is 6.54 Å². The lowest BCUT2D eigenvalue weighted by Crippen LogP contribution is -2.17. The summed E-state index contributed by atoms with van der Waals surface area (Å²) in [6, 6.07) is 5.19. The van der Waals surface area contributed by atoms with Crippen LogP contribution in [0.25, 0.3) is 11.0 Å². The Morgan fingerprint density at radius 3 is 2.89 bits per heavy atom. The molecule has 0 amide bonds. The van der Waals surface area contributed by atoms with Gasteiger partial charge in [-0.05, 0) is 18.2 Å². The Balaban J connectivity index is 1.93. The summed E-state index contributed by atoms with van der Waals surface area (Å²) in [5, 5.41) is 7.35. The van der Waals surface area contributed by atoms with E-state index >= 15 is 0 Å². The minimum absolute atomic E-state index is 0.0417. The van der Waals surface area contributed by atoms with E-state index in [1.807, 2.05) is 0 Å². The first kappa shape index (κ1) is 11.2. The molecule has 0 atom stereocenters. The van der Waals surface area contributed by atoms with Crippen LogP contribution in [0.5, 0.6) is 0 Å². The molecule has 2 heterocycles. The summed E-state index contributed by atoms with van der Waals surface area (Å²) >= 11 is 0. The lowest BCUT2D eigenvalue weighted by atomic mass is 10.3. The van der Waals surface area contributed by atoms with Gasteiger partial charge in [0, 0.05) is 5.69 Å². The van der Waals surface area contributed by atoms with Crippen LogP contribution in [0.3, 0.4) is 0 Å². The number of aromatic nitrogens is 5. The Kier molecular flexibility index (Phi) is 2.41. The number of imidazole rings is 1. The quantitative estimate of drug-likeness (QED) is 0.630. The van der Waals surface area contributed by atoms with Gasteiger partial charge in [0.05, 0.1) is 17.2 Å². The van der Waals surface area contributed by atoms with E-state index in [0.29, 0.717) is 16.7 Å². The van der Waals surface area contributed by atoms with Gasteiger partial charge in [-0.3, -0.25) is 9.36 Å². The van der Waals surface area contributed by atoms with Crippen molar-refractivity contribution in [3.63, 3.8) is 0 Å². The smallest absolute Gasteiger partial charge is 0.254 e. The highest BCUT2D eigenvalue weighted by molar-refractivity contribution is 5.91. The Morgan fingerprint density at radius 2 is 2.16 bits per heavy atom. The number of carbonyl (C=O) groups excluding carboxylic acids is 1. The lowest BCUT2D eigenvalue weighted by Gasteiger charge is -2.02. The van der Waals surface area contributed by atoms with Crippen LogP contribution in [0.1, 0.15) is 4.79 Å². The van der Waals surface area contributed by atoms with Gasteiger partial charge >= 0.3 is 0 Å². The van der Waals surface area contributed by atoms with Crippen molar-refractivity contribution in [3.05, 3.63) is 30.7 Å². The molecule has 3 aromatic rings. The molecular weight excluding hydrogens is 246 g/mol. The zero-order valence-electron chi connectivity index (χ0n) is 9.89. The van der Waals surface area contributed by atoms with Crippen molar-refractivity contribution in [2.45, 2.75) is 6.54 Å². The molecule has 4 N–H and O–H groups in total. The summed E-state index contributed by atoms with van der Waals surface area (Å²) in [4.78, 5) is 16.3. The number of hydrogen-bond donors (Lipinski definition) is 2. The van der Waals surface area contributed by atoms with Gasteiger partial charge in [0.2, 0.25) is 0 Å². The Labute approximate surface area is 107 Å². The van der Waals surface area contributed by atoms with Crippen LogP contribution in [0.2, 0.25) is 0 Å². The average Bonchev–Trinajstić information content (AvgIpc) is 2.95. The van der Waals surface area contributed by atoms with Crippen LogP contribution in [0.15, 0.2) is 30.7 Å². The average molecular weight is 257 g/mol. The van der Waals surface area contributed by atoms with E-state index in [4.69, 9.17) is 11.5 Å². The zero-order chi connectivity index (χ0) is 13.4. The summed E-state index contributed by atoms with van der Waals surface area (Å²) in [5.74, 6) is 0.0910. The maximum atomic E-state index is 12.1. The van der Waals surface area contributed by atoms with E-state index in [2.05, 4.69) is 15.3 Å². The molecule has 0 radical (unpaired) electrons. The number of fused-ring (bicyclic) bond motifs is 1. The predicted octanol–water partition coefficient (Wildman–Crippen LogP) is 0.133. The number of benzene rings is 1. The van der Waals surface area contributed by atoms with E-state index in [1.165, 1.54) is 21.8 Å². The number of hydrogen-bond acceptors (Lipinski definition) is 6. The number of nitrogens with zero attached hydrogens (tertiary/aromatic N) is 5. The summed E-state index contributed by atoms with van der Waals surface area (Å²) < 4.78 is 2.83. The molecule has 0 aliphatic heterocycles. The minimum atomic E-state index is -0.183. The first-order chi connectivity index (χ1) is 9.13. The minimum Gasteiger partial charge on any atom is -0.399 e. The highest BCUT2D eigenvalue weighted by atomic mass is 16.2. The second kappa shape index (κ2) is 4.09. The van der Waals surface area contributed by atoms with Crippen molar-refractivity contribution in [1.29, 1.82) is 0 Å². The number of nitrogens with two attached hydrogens (primary N) is 2. The van der Waals surface area contributed by atoms with Crippen molar-refractivity contribution in [2.24, 2.45) is 0 Å². The summed E-state index contributed by atoms with van der Waals surface area (Å²) in [7, 11) is 0. The summed E-state index contributed by atoms with van der Waals surface area (Å²) in [6.07, 6.45) is 2.96. The molecule has 0 saturated heterocycles. The second-order valence-electron chi connectivity index (χ2n) is 4.10. The molecule has 0 spiro atoms. The van der Waals surface area contributed by atoms with Crippen molar-refractivity contribution in [3.8, 4) is 0 Å². The van der Waals surface area contributed by atoms with Gasteiger partial charge in [0.1, 0.15) is 12.9 Å². The fraction of sp³-hybridized carbons (Fsp3) is 0.0909. The molecule has 96 valence electrons. The number of carbonyl (C=O) groups is 1. The maximum Gasteiger partial charge on any atom is 0.254 e. The van der Waals surface area contributed by atoms with E-state index in [9.17, 15) is 4.79 Å². The van der Waals surface area contributed by atoms with Crippen molar-refractivity contribution in [1.82, 2.24) is 24.5 Å². The molecule has 0 aliphatic carbocycles. The monoisotopic (exact) mass is 257 g/mol. The molecular formula is C11H11N7O. The summed E-state index contributed by atoms with van der Waals surface area (Å²) in [6.45, 7) is 0.0417. The van der Waals surface area contributed by atoms with Crippen LogP contribution in [-0.4, -0.2) is 30.5 Å². The zero-order valence-corrected chi connectivity index (χ0v) is 9.89. The molecule has 0 aliphatic rings. The van der Waals surface area contributed by atoms with E-state index < -0.39 is 0 Å². The van der Waals surface area contributed by atoms with Crippen LogP contribution in [0.4, 0.5) is 11.5 Å². The third-order valence-corrected chi connectivity index (χ3v) is 2.69. The molecule has 19 heavy (non-hydrogen) atoms. The van der Waals surface area contributed by atoms with Crippen molar-refractivity contribution < 1.29 is 4.79 Å². The van der Waals surface area contributed by atoms with Gasteiger partial charge in [-0.1, -0.05) is 5.21 Å². The van der Waals surface area contributed by atoms with Gasteiger partial charge < -0.3 is 11.5 Å². The van der Waals surface area contributed by atoms with Crippen LogP contribution >= 0.6 is 0 Å².